The van der Waals surface area contributed by atoms with Crippen molar-refractivity contribution >= 4 is 17.0 Å². The van der Waals surface area contributed by atoms with Gasteiger partial charge in [0.2, 0.25) is 0 Å². The Hall–Kier alpha value is -3.03. The summed E-state index contributed by atoms with van der Waals surface area (Å²) < 4.78 is 6.85. The molecule has 29 heavy (non-hydrogen) atoms. The van der Waals surface area contributed by atoms with E-state index < -0.39 is 11.2 Å². The van der Waals surface area contributed by atoms with Crippen LogP contribution in [0, 0.1) is 13.8 Å². The smallest absolute Gasteiger partial charge is 0.349 e. The molecule has 0 radical (unpaired) electrons. The lowest BCUT2D eigenvalue weighted by Crippen LogP contribution is -2.29. The van der Waals surface area contributed by atoms with E-state index in [1.165, 1.54) is 0 Å². The lowest BCUT2D eigenvalue weighted by atomic mass is 10.1. The number of aromatic nitrogens is 4. The summed E-state index contributed by atoms with van der Waals surface area (Å²) in [7, 11) is 0. The molecular formula is C21H26N4O4. The normalized spacial score (nSPS) is 11.3. The van der Waals surface area contributed by atoms with Crippen molar-refractivity contribution < 1.29 is 9.53 Å². The molecule has 0 saturated carbocycles. The number of H-pyrrole nitrogens is 1. The molecule has 1 N–H and O–H groups in total. The number of aryl methyl sites for hydroxylation is 3. The zero-order chi connectivity index (χ0) is 21.0. The number of ether oxygens (including phenoxy) is 1. The van der Waals surface area contributed by atoms with Crippen LogP contribution < -0.4 is 11.2 Å². The summed E-state index contributed by atoms with van der Waals surface area (Å²) in [6, 6.07) is 3.97. The highest BCUT2D eigenvalue weighted by molar-refractivity contribution is 5.81. The van der Waals surface area contributed by atoms with Gasteiger partial charge in [-0.15, -0.1) is 0 Å². The van der Waals surface area contributed by atoms with Gasteiger partial charge in [-0.05, 0) is 56.9 Å². The molecule has 0 atom stereocenters. The Labute approximate surface area is 168 Å². The van der Waals surface area contributed by atoms with Crippen molar-refractivity contribution in [1.82, 2.24) is 19.5 Å². The molecule has 0 fully saturated rings. The lowest BCUT2D eigenvalue weighted by Gasteiger charge is -2.17. The fourth-order valence-electron chi connectivity index (χ4n) is 3.40. The van der Waals surface area contributed by atoms with Crippen molar-refractivity contribution in [3.8, 4) is 11.5 Å². The van der Waals surface area contributed by atoms with Crippen LogP contribution in [0.2, 0.25) is 0 Å². The predicted octanol–water partition coefficient (Wildman–Crippen LogP) is 2.72. The summed E-state index contributed by atoms with van der Waals surface area (Å²) in [5.41, 5.74) is 2.72. The number of unbranched alkanes of at least 4 members (excludes halogenated alkanes) is 3. The number of hydrogen-bond donors (Lipinski definition) is 1. The number of rotatable bonds is 8. The highest BCUT2D eigenvalue weighted by Crippen LogP contribution is 2.24. The van der Waals surface area contributed by atoms with Crippen molar-refractivity contribution in [2.24, 2.45) is 0 Å². The number of aromatic amines is 1. The first-order chi connectivity index (χ1) is 13.9. The van der Waals surface area contributed by atoms with Gasteiger partial charge in [-0.3, -0.25) is 14.6 Å². The van der Waals surface area contributed by atoms with E-state index in [2.05, 4.69) is 15.0 Å². The number of fused-ring (bicyclic) bond motifs is 2. The molecule has 0 aromatic heterocycles. The van der Waals surface area contributed by atoms with Crippen LogP contribution in [0.25, 0.3) is 22.6 Å². The van der Waals surface area contributed by atoms with Crippen LogP contribution in [0.1, 0.15) is 50.2 Å². The highest BCUT2D eigenvalue weighted by atomic mass is 16.5. The average Bonchev–Trinajstić information content (AvgIpc) is 2.66. The highest BCUT2D eigenvalue weighted by Gasteiger charge is 2.19. The minimum atomic E-state index is -0.671. The minimum Gasteiger partial charge on any atom is -0.466 e. The predicted molar refractivity (Wildman–Crippen MR) is 110 cm³/mol. The van der Waals surface area contributed by atoms with E-state index >= 15 is 0 Å². The van der Waals surface area contributed by atoms with Crippen molar-refractivity contribution in [3.63, 3.8) is 0 Å². The monoisotopic (exact) mass is 398 g/mol. The van der Waals surface area contributed by atoms with Crippen LogP contribution in [0.15, 0.2) is 21.7 Å². The molecule has 0 aliphatic carbocycles. The second-order valence-electron chi connectivity index (χ2n) is 7.20. The van der Waals surface area contributed by atoms with Gasteiger partial charge in [0.15, 0.2) is 11.5 Å². The first kappa shape index (κ1) is 20.7. The maximum Gasteiger partial charge on any atom is 0.349 e. The SMILES string of the molecule is CCOC(=O)CCCCCCn1c2nc(=O)[nH]c(=O)c-2nc2cc(C)c(C)cc21. The fourth-order valence-corrected chi connectivity index (χ4v) is 3.40. The van der Waals surface area contributed by atoms with Gasteiger partial charge in [-0.2, -0.15) is 4.98 Å². The van der Waals surface area contributed by atoms with Crippen molar-refractivity contribution in [2.45, 2.75) is 59.4 Å². The van der Waals surface area contributed by atoms with Gasteiger partial charge in [0.1, 0.15) is 0 Å². The van der Waals surface area contributed by atoms with E-state index in [-0.39, 0.29) is 11.7 Å². The summed E-state index contributed by atoms with van der Waals surface area (Å²) >= 11 is 0. The number of carbonyl (C=O) groups excluding carboxylic acids is 1. The Morgan fingerprint density at radius 3 is 2.55 bits per heavy atom. The molecular weight excluding hydrogens is 372 g/mol. The van der Waals surface area contributed by atoms with Gasteiger partial charge in [-0.25, -0.2) is 9.78 Å². The molecule has 8 nitrogen and oxygen atoms in total. The number of carbonyl (C=O) groups is 1. The van der Waals surface area contributed by atoms with E-state index in [1.54, 1.807) is 6.92 Å². The Balaban J connectivity index is 1.85. The van der Waals surface area contributed by atoms with Crippen LogP contribution in [0.5, 0.6) is 0 Å². The third-order valence-corrected chi connectivity index (χ3v) is 5.04. The van der Waals surface area contributed by atoms with Crippen LogP contribution in [-0.4, -0.2) is 32.1 Å². The van der Waals surface area contributed by atoms with E-state index in [9.17, 15) is 14.4 Å². The summed E-state index contributed by atoms with van der Waals surface area (Å²) in [6.45, 7) is 6.83. The van der Waals surface area contributed by atoms with Gasteiger partial charge < -0.3 is 9.30 Å². The minimum absolute atomic E-state index is 0.162. The molecule has 0 amide bonds. The molecule has 2 heterocycles. The molecule has 0 bridgehead atoms. The molecule has 0 saturated heterocycles. The summed E-state index contributed by atoms with van der Waals surface area (Å²) in [5, 5.41) is 0. The zero-order valence-electron chi connectivity index (χ0n) is 17.1. The van der Waals surface area contributed by atoms with E-state index in [1.807, 2.05) is 30.5 Å². The fraction of sp³-hybridized carbons (Fsp3) is 0.476. The van der Waals surface area contributed by atoms with Gasteiger partial charge in [0, 0.05) is 13.0 Å². The molecule has 3 rings (SSSR count). The molecule has 1 aromatic rings. The quantitative estimate of drug-likeness (QED) is 0.355. The van der Waals surface area contributed by atoms with Gasteiger partial charge in [0.25, 0.3) is 5.56 Å². The number of esters is 1. The van der Waals surface area contributed by atoms with E-state index in [0.29, 0.717) is 30.9 Å². The largest absolute Gasteiger partial charge is 0.466 e. The van der Waals surface area contributed by atoms with E-state index in [0.717, 1.165) is 42.3 Å². The molecule has 1 aromatic carbocycles. The zero-order valence-corrected chi connectivity index (χ0v) is 17.1. The summed E-state index contributed by atoms with van der Waals surface area (Å²) in [4.78, 5) is 46.1. The third-order valence-electron chi connectivity index (χ3n) is 5.04. The lowest BCUT2D eigenvalue weighted by molar-refractivity contribution is -0.143. The Morgan fingerprint density at radius 1 is 1.07 bits per heavy atom. The van der Waals surface area contributed by atoms with Crippen molar-refractivity contribution in [2.75, 3.05) is 6.61 Å². The summed E-state index contributed by atoms with van der Waals surface area (Å²) in [5.74, 6) is 0.145. The molecule has 2 aliphatic heterocycles. The Bertz CT molecular complexity index is 1120. The Morgan fingerprint density at radius 2 is 1.79 bits per heavy atom. The molecule has 0 unspecified atom stereocenters. The van der Waals surface area contributed by atoms with Crippen LogP contribution in [0.3, 0.4) is 0 Å². The van der Waals surface area contributed by atoms with Crippen LogP contribution in [-0.2, 0) is 16.1 Å². The second kappa shape index (κ2) is 8.98. The van der Waals surface area contributed by atoms with Crippen LogP contribution >= 0.6 is 0 Å². The summed E-state index contributed by atoms with van der Waals surface area (Å²) in [6.07, 6.45) is 3.85. The van der Waals surface area contributed by atoms with Gasteiger partial charge in [0.05, 0.1) is 17.6 Å². The van der Waals surface area contributed by atoms with Crippen LogP contribution in [0.4, 0.5) is 0 Å². The number of hydrogen-bond acceptors (Lipinski definition) is 6. The first-order valence-electron chi connectivity index (χ1n) is 9.98. The molecule has 0 spiro atoms. The topological polar surface area (TPSA) is 107 Å². The Kier molecular flexibility index (Phi) is 6.41. The first-order valence-corrected chi connectivity index (χ1v) is 9.98. The maximum atomic E-state index is 12.3. The molecule has 2 aliphatic rings. The second-order valence-corrected chi connectivity index (χ2v) is 7.20. The van der Waals surface area contributed by atoms with Gasteiger partial charge in [-0.1, -0.05) is 12.8 Å². The number of nitrogens with zero attached hydrogens (tertiary/aromatic N) is 3. The standard InChI is InChI=1S/C21H26N4O4/c1-4-29-17(26)9-7-5-6-8-10-25-16-12-14(3)13(2)11-15(16)22-18-19(25)23-21(28)24-20(18)27/h11-12H,4-10H2,1-3H3,(H,24,27,28). The van der Waals surface area contributed by atoms with Gasteiger partial charge >= 0.3 is 11.7 Å². The van der Waals surface area contributed by atoms with E-state index in [4.69, 9.17) is 4.74 Å². The molecule has 154 valence electrons. The third kappa shape index (κ3) is 4.70. The number of benzene rings is 1. The number of nitrogens with one attached hydrogen (secondary N) is 1. The van der Waals surface area contributed by atoms with Crippen molar-refractivity contribution in [3.05, 3.63) is 44.1 Å². The average molecular weight is 398 g/mol. The van der Waals surface area contributed by atoms with Crippen molar-refractivity contribution in [1.29, 1.82) is 0 Å². The molecule has 8 heteroatoms. The maximum absolute atomic E-state index is 12.3.